The Kier molecular flexibility index (Phi) is 7.28. The highest BCUT2D eigenvalue weighted by Gasteiger charge is 2.30. The highest BCUT2D eigenvalue weighted by Crippen LogP contribution is 2.21. The Balaban J connectivity index is 1.45. The Morgan fingerprint density at radius 1 is 1.03 bits per heavy atom. The van der Waals surface area contributed by atoms with Crippen LogP contribution in [0.3, 0.4) is 0 Å². The van der Waals surface area contributed by atoms with E-state index in [1.807, 2.05) is 44.2 Å². The molecule has 1 fully saturated rings. The molecule has 9 nitrogen and oxygen atoms in total. The Hall–Kier alpha value is -3.36. The van der Waals surface area contributed by atoms with Crippen molar-refractivity contribution in [3.63, 3.8) is 0 Å². The summed E-state index contributed by atoms with van der Waals surface area (Å²) in [7, 11) is 0. The second-order valence-corrected chi connectivity index (χ2v) is 7.88. The van der Waals surface area contributed by atoms with Gasteiger partial charge in [-0.15, -0.1) is 0 Å². The molecule has 1 aromatic carbocycles. The lowest BCUT2D eigenvalue weighted by molar-refractivity contribution is -0.158. The van der Waals surface area contributed by atoms with E-state index < -0.39 is 18.0 Å². The second-order valence-electron chi connectivity index (χ2n) is 7.88. The van der Waals surface area contributed by atoms with Crippen molar-refractivity contribution in [1.82, 2.24) is 14.7 Å². The van der Waals surface area contributed by atoms with E-state index in [4.69, 9.17) is 4.74 Å². The molecule has 166 valence electrons. The number of para-hydroxylation sites is 1. The first-order valence-corrected chi connectivity index (χ1v) is 10.5. The number of piperidine rings is 1. The molecule has 0 aliphatic carbocycles. The average Bonchev–Trinajstić information content (AvgIpc) is 3.23. The van der Waals surface area contributed by atoms with Gasteiger partial charge >= 0.3 is 12.0 Å². The van der Waals surface area contributed by atoms with Crippen LogP contribution in [0.5, 0.6) is 0 Å². The third-order valence-electron chi connectivity index (χ3n) is 5.21. The van der Waals surface area contributed by atoms with Gasteiger partial charge in [-0.3, -0.25) is 9.59 Å². The third-order valence-corrected chi connectivity index (χ3v) is 5.21. The highest BCUT2D eigenvalue weighted by molar-refractivity contribution is 5.94. The van der Waals surface area contributed by atoms with Gasteiger partial charge in [0.25, 0.3) is 5.91 Å². The maximum atomic E-state index is 12.5. The minimum Gasteiger partial charge on any atom is -0.452 e. The minimum atomic E-state index is -0.928. The molecule has 1 atom stereocenters. The number of hydrogen-bond acceptors (Lipinski definition) is 5. The van der Waals surface area contributed by atoms with E-state index in [1.165, 1.54) is 0 Å². The molecule has 3 amide bonds. The quantitative estimate of drug-likeness (QED) is 0.688. The first-order chi connectivity index (χ1) is 14.8. The predicted octanol–water partition coefficient (Wildman–Crippen LogP) is 3.28. The van der Waals surface area contributed by atoms with Crippen molar-refractivity contribution in [2.24, 2.45) is 5.92 Å². The van der Waals surface area contributed by atoms with Gasteiger partial charge in [-0.25, -0.2) is 9.48 Å². The van der Waals surface area contributed by atoms with E-state index in [0.717, 1.165) is 5.69 Å². The molecule has 1 saturated heterocycles. The van der Waals surface area contributed by atoms with Gasteiger partial charge in [0.2, 0.25) is 0 Å². The zero-order valence-corrected chi connectivity index (χ0v) is 18.1. The molecule has 31 heavy (non-hydrogen) atoms. The van der Waals surface area contributed by atoms with Crippen molar-refractivity contribution in [2.45, 2.75) is 45.8 Å². The van der Waals surface area contributed by atoms with Gasteiger partial charge in [0.05, 0.1) is 12.1 Å². The average molecular weight is 428 g/mol. The maximum Gasteiger partial charge on any atom is 0.321 e. The van der Waals surface area contributed by atoms with E-state index in [-0.39, 0.29) is 18.0 Å². The summed E-state index contributed by atoms with van der Waals surface area (Å²) < 4.78 is 7.08. The first-order valence-electron chi connectivity index (χ1n) is 10.5. The van der Waals surface area contributed by atoms with Gasteiger partial charge in [0.15, 0.2) is 6.10 Å². The summed E-state index contributed by atoms with van der Waals surface area (Å²) >= 11 is 0. The standard InChI is InChI=1S/C22H29N5O4/c1-15(2)27-19(9-12-23-27)25-20(28)16(3)31-21(29)17-10-13-26(14-11-17)22(30)24-18-7-5-4-6-8-18/h4-9,12,15-17H,10-11,13-14H2,1-3H3,(H,24,30)(H,25,28)/t16-/m1/s1. The molecule has 1 aliphatic heterocycles. The number of likely N-dealkylation sites (tertiary alicyclic amines) is 1. The van der Waals surface area contributed by atoms with Gasteiger partial charge in [-0.2, -0.15) is 5.10 Å². The molecule has 0 bridgehead atoms. The summed E-state index contributed by atoms with van der Waals surface area (Å²) in [5.41, 5.74) is 0.729. The summed E-state index contributed by atoms with van der Waals surface area (Å²) in [5.74, 6) is -0.601. The smallest absolute Gasteiger partial charge is 0.321 e. The molecule has 0 saturated carbocycles. The number of carbonyl (C=O) groups excluding carboxylic acids is 3. The summed E-state index contributed by atoms with van der Waals surface area (Å²) in [6.45, 7) is 6.36. The largest absolute Gasteiger partial charge is 0.452 e. The number of hydrogen-bond donors (Lipinski definition) is 2. The summed E-state index contributed by atoms with van der Waals surface area (Å²) in [4.78, 5) is 39.0. The Labute approximate surface area is 181 Å². The number of nitrogens with zero attached hydrogens (tertiary/aromatic N) is 3. The van der Waals surface area contributed by atoms with Gasteiger partial charge in [-0.1, -0.05) is 18.2 Å². The molecule has 3 rings (SSSR count). The number of anilines is 2. The lowest BCUT2D eigenvalue weighted by Gasteiger charge is -2.31. The van der Waals surface area contributed by atoms with Gasteiger partial charge in [0, 0.05) is 30.9 Å². The molecule has 1 aliphatic rings. The van der Waals surface area contributed by atoms with Gasteiger partial charge in [0.1, 0.15) is 5.82 Å². The Morgan fingerprint density at radius 2 is 1.71 bits per heavy atom. The normalized spacial score (nSPS) is 15.4. The summed E-state index contributed by atoms with van der Waals surface area (Å²) in [6.07, 6.45) is 1.67. The zero-order valence-electron chi connectivity index (χ0n) is 18.1. The van der Waals surface area contributed by atoms with Crippen LogP contribution in [0.15, 0.2) is 42.6 Å². The fraction of sp³-hybridized carbons (Fsp3) is 0.455. The molecular formula is C22H29N5O4. The number of esters is 1. The van der Waals surface area contributed by atoms with Crippen molar-refractivity contribution in [2.75, 3.05) is 23.7 Å². The molecule has 2 N–H and O–H groups in total. The van der Waals surface area contributed by atoms with Gasteiger partial charge in [-0.05, 0) is 45.7 Å². The number of rotatable bonds is 6. The molecule has 1 aromatic heterocycles. The van der Waals surface area contributed by atoms with E-state index in [2.05, 4.69) is 15.7 Å². The van der Waals surface area contributed by atoms with Crippen molar-refractivity contribution < 1.29 is 19.1 Å². The number of urea groups is 1. The Bertz CT molecular complexity index is 904. The summed E-state index contributed by atoms with van der Waals surface area (Å²) in [6, 6.07) is 10.8. The molecular weight excluding hydrogens is 398 g/mol. The monoisotopic (exact) mass is 427 g/mol. The predicted molar refractivity (Wildman–Crippen MR) is 117 cm³/mol. The van der Waals surface area contributed by atoms with Crippen LogP contribution in [0.2, 0.25) is 0 Å². The molecule has 0 spiro atoms. The highest BCUT2D eigenvalue weighted by atomic mass is 16.5. The fourth-order valence-corrected chi connectivity index (χ4v) is 3.42. The van der Waals surface area contributed by atoms with Crippen LogP contribution < -0.4 is 10.6 Å². The lowest BCUT2D eigenvalue weighted by atomic mass is 9.97. The number of amides is 3. The van der Waals surface area contributed by atoms with E-state index in [9.17, 15) is 14.4 Å². The van der Waals surface area contributed by atoms with Crippen molar-refractivity contribution >= 4 is 29.4 Å². The first kappa shape index (κ1) is 22.3. The number of carbonyl (C=O) groups is 3. The van der Waals surface area contributed by atoms with Crippen molar-refractivity contribution in [3.8, 4) is 0 Å². The van der Waals surface area contributed by atoms with Gasteiger partial charge < -0.3 is 20.3 Å². The maximum absolute atomic E-state index is 12.5. The molecule has 2 heterocycles. The number of ether oxygens (including phenoxy) is 1. The molecule has 9 heteroatoms. The van der Waals surface area contributed by atoms with Crippen LogP contribution in [0.4, 0.5) is 16.3 Å². The SMILES string of the molecule is CC(C)n1nccc1NC(=O)[C@@H](C)OC(=O)C1CCN(C(=O)Nc2ccccc2)CC1. The van der Waals surface area contributed by atoms with Crippen molar-refractivity contribution in [3.05, 3.63) is 42.6 Å². The third kappa shape index (κ3) is 5.84. The Morgan fingerprint density at radius 3 is 2.35 bits per heavy atom. The van der Waals surface area contributed by atoms with Crippen LogP contribution >= 0.6 is 0 Å². The van der Waals surface area contributed by atoms with Crippen LogP contribution in [-0.2, 0) is 14.3 Å². The van der Waals surface area contributed by atoms with Crippen LogP contribution in [0.25, 0.3) is 0 Å². The number of nitrogens with one attached hydrogen (secondary N) is 2. The minimum absolute atomic E-state index is 0.0902. The molecule has 0 unspecified atom stereocenters. The van der Waals surface area contributed by atoms with E-state index in [1.54, 1.807) is 28.8 Å². The van der Waals surface area contributed by atoms with Crippen LogP contribution in [0, 0.1) is 5.92 Å². The second kappa shape index (κ2) is 10.1. The summed E-state index contributed by atoms with van der Waals surface area (Å²) in [5, 5.41) is 9.76. The lowest BCUT2D eigenvalue weighted by Crippen LogP contribution is -2.43. The topological polar surface area (TPSA) is 106 Å². The van der Waals surface area contributed by atoms with Crippen molar-refractivity contribution in [1.29, 1.82) is 0 Å². The number of aromatic nitrogens is 2. The van der Waals surface area contributed by atoms with Crippen LogP contribution in [-0.4, -0.2) is 51.8 Å². The number of benzene rings is 1. The van der Waals surface area contributed by atoms with Crippen LogP contribution in [0.1, 0.15) is 39.7 Å². The molecule has 0 radical (unpaired) electrons. The fourth-order valence-electron chi connectivity index (χ4n) is 3.42. The van der Waals surface area contributed by atoms with E-state index in [0.29, 0.717) is 31.7 Å². The molecule has 2 aromatic rings. The zero-order chi connectivity index (χ0) is 22.4. The van der Waals surface area contributed by atoms with E-state index >= 15 is 0 Å².